The van der Waals surface area contributed by atoms with E-state index in [9.17, 15) is 4.79 Å². The normalized spacial score (nSPS) is 21.1. The third-order valence-electron chi connectivity index (χ3n) is 3.19. The zero-order chi connectivity index (χ0) is 11.3. The number of nitrogens with zero attached hydrogens (tertiary/aromatic N) is 1. The molecule has 0 saturated carbocycles. The smallest absolute Gasteiger partial charge is 0.239 e. The van der Waals surface area contributed by atoms with Crippen LogP contribution in [0.5, 0.6) is 0 Å². The number of likely N-dealkylation sites (tertiary alicyclic amines) is 1. The molecule has 1 aliphatic rings. The molecule has 1 amide bonds. The predicted molar refractivity (Wildman–Crippen MR) is 62.8 cm³/mol. The molecule has 0 aromatic carbocycles. The van der Waals surface area contributed by atoms with E-state index in [0.717, 1.165) is 19.5 Å². The van der Waals surface area contributed by atoms with Crippen molar-refractivity contribution in [3.05, 3.63) is 0 Å². The average Bonchev–Trinajstić information content (AvgIpc) is 2.29. The number of hydrogen-bond acceptors (Lipinski definition) is 2. The fourth-order valence-electron chi connectivity index (χ4n) is 2.00. The number of nitrogens with one attached hydrogen (secondary N) is 1. The molecule has 3 heteroatoms. The Labute approximate surface area is 93.2 Å². The fraction of sp³-hybridized carbons (Fsp3) is 0.917. The number of amides is 1. The van der Waals surface area contributed by atoms with Crippen molar-refractivity contribution in [3.8, 4) is 0 Å². The lowest BCUT2D eigenvalue weighted by Crippen LogP contribution is -2.48. The van der Waals surface area contributed by atoms with Crippen LogP contribution in [0.15, 0.2) is 0 Å². The Kier molecular flexibility index (Phi) is 5.09. The second kappa shape index (κ2) is 6.11. The highest BCUT2D eigenvalue weighted by molar-refractivity contribution is 5.81. The van der Waals surface area contributed by atoms with E-state index in [1.54, 1.807) is 0 Å². The molecule has 0 aliphatic carbocycles. The quantitative estimate of drug-likeness (QED) is 0.770. The minimum Gasteiger partial charge on any atom is -0.341 e. The SMILES string of the molecule is CCC(C)NC(C)C(=O)N1CCCCC1. The summed E-state index contributed by atoms with van der Waals surface area (Å²) in [4.78, 5) is 14.0. The predicted octanol–water partition coefficient (Wildman–Crippen LogP) is 1.78. The van der Waals surface area contributed by atoms with Gasteiger partial charge in [0.1, 0.15) is 0 Å². The first-order chi connectivity index (χ1) is 7.15. The highest BCUT2D eigenvalue weighted by Crippen LogP contribution is 2.10. The van der Waals surface area contributed by atoms with E-state index >= 15 is 0 Å². The van der Waals surface area contributed by atoms with Crippen molar-refractivity contribution in [3.63, 3.8) is 0 Å². The molecular formula is C12H24N2O. The first kappa shape index (κ1) is 12.5. The molecule has 0 aromatic heterocycles. The van der Waals surface area contributed by atoms with Crippen molar-refractivity contribution >= 4 is 5.91 Å². The molecule has 15 heavy (non-hydrogen) atoms. The summed E-state index contributed by atoms with van der Waals surface area (Å²) >= 11 is 0. The fourth-order valence-corrected chi connectivity index (χ4v) is 2.00. The maximum Gasteiger partial charge on any atom is 0.239 e. The van der Waals surface area contributed by atoms with Gasteiger partial charge in [0, 0.05) is 19.1 Å². The van der Waals surface area contributed by atoms with E-state index in [2.05, 4.69) is 19.2 Å². The molecule has 1 fully saturated rings. The molecule has 0 bridgehead atoms. The third-order valence-corrected chi connectivity index (χ3v) is 3.19. The Hall–Kier alpha value is -0.570. The van der Waals surface area contributed by atoms with E-state index in [-0.39, 0.29) is 11.9 Å². The number of piperidine rings is 1. The standard InChI is InChI=1S/C12H24N2O/c1-4-10(2)13-11(3)12(15)14-8-6-5-7-9-14/h10-11,13H,4-9H2,1-3H3. The van der Waals surface area contributed by atoms with Gasteiger partial charge < -0.3 is 10.2 Å². The van der Waals surface area contributed by atoms with Crippen molar-refractivity contribution in [2.24, 2.45) is 0 Å². The van der Waals surface area contributed by atoms with Crippen LogP contribution in [-0.4, -0.2) is 36.0 Å². The highest BCUT2D eigenvalue weighted by atomic mass is 16.2. The Morgan fingerprint density at radius 1 is 1.27 bits per heavy atom. The highest BCUT2D eigenvalue weighted by Gasteiger charge is 2.22. The van der Waals surface area contributed by atoms with E-state index in [0.29, 0.717) is 6.04 Å². The summed E-state index contributed by atoms with van der Waals surface area (Å²) < 4.78 is 0. The molecule has 1 heterocycles. The molecule has 2 atom stereocenters. The second-order valence-electron chi connectivity index (χ2n) is 4.58. The van der Waals surface area contributed by atoms with Crippen LogP contribution < -0.4 is 5.32 Å². The second-order valence-corrected chi connectivity index (χ2v) is 4.58. The van der Waals surface area contributed by atoms with Gasteiger partial charge >= 0.3 is 0 Å². The lowest BCUT2D eigenvalue weighted by Gasteiger charge is -2.30. The minimum absolute atomic E-state index is 0.0296. The van der Waals surface area contributed by atoms with Gasteiger partial charge in [-0.15, -0.1) is 0 Å². The Bertz CT molecular complexity index is 200. The van der Waals surface area contributed by atoms with Crippen LogP contribution in [0.4, 0.5) is 0 Å². The summed E-state index contributed by atoms with van der Waals surface area (Å²) in [5.41, 5.74) is 0. The van der Waals surface area contributed by atoms with Crippen LogP contribution in [0.1, 0.15) is 46.5 Å². The number of hydrogen-bond donors (Lipinski definition) is 1. The van der Waals surface area contributed by atoms with Gasteiger partial charge in [-0.3, -0.25) is 4.79 Å². The maximum absolute atomic E-state index is 12.0. The minimum atomic E-state index is -0.0296. The van der Waals surface area contributed by atoms with Crippen LogP contribution in [0, 0.1) is 0 Å². The van der Waals surface area contributed by atoms with E-state index in [1.165, 1.54) is 19.3 Å². The van der Waals surface area contributed by atoms with Crippen molar-refractivity contribution in [2.45, 2.75) is 58.5 Å². The van der Waals surface area contributed by atoms with Gasteiger partial charge in [-0.1, -0.05) is 6.92 Å². The van der Waals surface area contributed by atoms with Gasteiger partial charge in [0.15, 0.2) is 0 Å². The van der Waals surface area contributed by atoms with Crippen molar-refractivity contribution < 1.29 is 4.79 Å². The number of carbonyl (C=O) groups is 1. The summed E-state index contributed by atoms with van der Waals surface area (Å²) in [6, 6.07) is 0.395. The van der Waals surface area contributed by atoms with E-state index in [4.69, 9.17) is 0 Å². The molecular weight excluding hydrogens is 188 g/mol. The van der Waals surface area contributed by atoms with Crippen LogP contribution in [0.2, 0.25) is 0 Å². The van der Waals surface area contributed by atoms with Gasteiger partial charge in [0.25, 0.3) is 0 Å². The maximum atomic E-state index is 12.0. The van der Waals surface area contributed by atoms with Crippen LogP contribution >= 0.6 is 0 Å². The molecule has 1 N–H and O–H groups in total. The lowest BCUT2D eigenvalue weighted by atomic mass is 10.1. The largest absolute Gasteiger partial charge is 0.341 e. The first-order valence-electron chi connectivity index (χ1n) is 6.20. The Morgan fingerprint density at radius 3 is 2.40 bits per heavy atom. The molecule has 0 aromatic rings. The number of carbonyl (C=O) groups excluding carboxylic acids is 1. The van der Waals surface area contributed by atoms with Gasteiger partial charge in [0.05, 0.1) is 6.04 Å². The average molecular weight is 212 g/mol. The van der Waals surface area contributed by atoms with Gasteiger partial charge in [-0.25, -0.2) is 0 Å². The van der Waals surface area contributed by atoms with Crippen molar-refractivity contribution in [2.75, 3.05) is 13.1 Å². The molecule has 1 saturated heterocycles. The Balaban J connectivity index is 2.37. The topological polar surface area (TPSA) is 32.3 Å². The monoisotopic (exact) mass is 212 g/mol. The molecule has 1 rings (SSSR count). The summed E-state index contributed by atoms with van der Waals surface area (Å²) in [7, 11) is 0. The molecule has 3 nitrogen and oxygen atoms in total. The van der Waals surface area contributed by atoms with Crippen molar-refractivity contribution in [1.29, 1.82) is 0 Å². The Morgan fingerprint density at radius 2 is 1.87 bits per heavy atom. The molecule has 0 radical (unpaired) electrons. The van der Waals surface area contributed by atoms with Gasteiger partial charge in [-0.05, 0) is 39.5 Å². The summed E-state index contributed by atoms with van der Waals surface area (Å²) in [6.07, 6.45) is 4.68. The van der Waals surface area contributed by atoms with E-state index < -0.39 is 0 Å². The van der Waals surface area contributed by atoms with Crippen molar-refractivity contribution in [1.82, 2.24) is 10.2 Å². The molecule has 0 spiro atoms. The zero-order valence-corrected chi connectivity index (χ0v) is 10.3. The van der Waals surface area contributed by atoms with Gasteiger partial charge in [0.2, 0.25) is 5.91 Å². The molecule has 1 aliphatic heterocycles. The van der Waals surface area contributed by atoms with Crippen LogP contribution in [0.3, 0.4) is 0 Å². The lowest BCUT2D eigenvalue weighted by molar-refractivity contribution is -0.134. The first-order valence-corrected chi connectivity index (χ1v) is 6.20. The number of rotatable bonds is 4. The van der Waals surface area contributed by atoms with Gasteiger partial charge in [-0.2, -0.15) is 0 Å². The van der Waals surface area contributed by atoms with E-state index in [1.807, 2.05) is 11.8 Å². The summed E-state index contributed by atoms with van der Waals surface area (Å²) in [6.45, 7) is 8.13. The zero-order valence-electron chi connectivity index (χ0n) is 10.3. The van der Waals surface area contributed by atoms with Crippen LogP contribution in [0.25, 0.3) is 0 Å². The molecule has 2 unspecified atom stereocenters. The van der Waals surface area contributed by atoms with Crippen LogP contribution in [-0.2, 0) is 4.79 Å². The third kappa shape index (κ3) is 3.82. The summed E-state index contributed by atoms with van der Waals surface area (Å²) in [5, 5.41) is 3.34. The summed E-state index contributed by atoms with van der Waals surface area (Å²) in [5.74, 6) is 0.273. The molecule has 88 valence electrons.